The number of ether oxygens (including phenoxy) is 2. The molecule has 0 N–H and O–H groups in total. The fourth-order valence-electron chi connectivity index (χ4n) is 4.23. The van der Waals surface area contributed by atoms with Crippen molar-refractivity contribution in [2.75, 3.05) is 13.8 Å². The number of nitrogens with zero attached hydrogens (tertiary/aromatic N) is 1. The lowest BCUT2D eigenvalue weighted by molar-refractivity contribution is 0.0889. The van der Waals surface area contributed by atoms with Gasteiger partial charge in [-0.2, -0.15) is 0 Å². The summed E-state index contributed by atoms with van der Waals surface area (Å²) in [6.45, 7) is 1.93. The van der Waals surface area contributed by atoms with Crippen LogP contribution in [0.15, 0.2) is 45.6 Å². The van der Waals surface area contributed by atoms with Gasteiger partial charge >= 0.3 is 5.63 Å². The van der Waals surface area contributed by atoms with Gasteiger partial charge in [0, 0.05) is 24.0 Å². The van der Waals surface area contributed by atoms with Gasteiger partial charge in [0.05, 0.1) is 12.7 Å². The van der Waals surface area contributed by atoms with Crippen LogP contribution in [-0.2, 0) is 25.9 Å². The van der Waals surface area contributed by atoms with E-state index in [1.165, 1.54) is 0 Å². The third kappa shape index (κ3) is 2.79. The highest BCUT2D eigenvalue weighted by Gasteiger charge is 2.25. The first-order chi connectivity index (χ1) is 13.2. The number of hydrogen-bond acceptors (Lipinski definition) is 5. The zero-order valence-electron chi connectivity index (χ0n) is 15.3. The van der Waals surface area contributed by atoms with E-state index in [2.05, 4.69) is 11.0 Å². The minimum Gasteiger partial charge on any atom is -0.497 e. The molecular formula is C22H21NO4. The highest BCUT2D eigenvalue weighted by atomic mass is 16.5. The molecule has 2 aromatic carbocycles. The molecule has 2 heterocycles. The molecule has 0 radical (unpaired) electrons. The maximum atomic E-state index is 12.4. The molecule has 138 valence electrons. The first-order valence-electron chi connectivity index (χ1n) is 9.31. The fourth-order valence-corrected chi connectivity index (χ4v) is 4.23. The van der Waals surface area contributed by atoms with Crippen molar-refractivity contribution < 1.29 is 13.9 Å². The van der Waals surface area contributed by atoms with Crippen LogP contribution in [-0.4, -0.2) is 18.7 Å². The van der Waals surface area contributed by atoms with Crippen LogP contribution >= 0.6 is 0 Å². The Labute approximate surface area is 157 Å². The van der Waals surface area contributed by atoms with Crippen LogP contribution in [0, 0.1) is 0 Å². The van der Waals surface area contributed by atoms with Crippen LogP contribution in [0.25, 0.3) is 11.0 Å². The van der Waals surface area contributed by atoms with Gasteiger partial charge in [-0.05, 0) is 54.7 Å². The number of fused-ring (bicyclic) bond motifs is 5. The average molecular weight is 363 g/mol. The molecule has 27 heavy (non-hydrogen) atoms. The Balaban J connectivity index is 1.52. The van der Waals surface area contributed by atoms with Crippen molar-refractivity contribution >= 4 is 11.0 Å². The molecule has 0 saturated heterocycles. The summed E-state index contributed by atoms with van der Waals surface area (Å²) in [6.07, 6.45) is 2.79. The molecule has 0 unspecified atom stereocenters. The molecule has 0 amide bonds. The monoisotopic (exact) mass is 363 g/mol. The van der Waals surface area contributed by atoms with Crippen molar-refractivity contribution in [1.29, 1.82) is 0 Å². The summed E-state index contributed by atoms with van der Waals surface area (Å²) in [4.78, 5) is 14.6. The van der Waals surface area contributed by atoms with Gasteiger partial charge in [0.25, 0.3) is 0 Å². The first-order valence-corrected chi connectivity index (χ1v) is 9.31. The van der Waals surface area contributed by atoms with Gasteiger partial charge in [-0.3, -0.25) is 4.90 Å². The van der Waals surface area contributed by atoms with Gasteiger partial charge in [0.2, 0.25) is 0 Å². The minimum atomic E-state index is -0.187. The van der Waals surface area contributed by atoms with E-state index in [4.69, 9.17) is 13.9 Å². The largest absolute Gasteiger partial charge is 0.497 e. The SMILES string of the molecule is COc1cccc(CN2COc3ccc4c5c(c(=O)oc4c3C2)CCC5)c1. The second kappa shape index (κ2) is 6.43. The van der Waals surface area contributed by atoms with E-state index in [1.807, 2.05) is 30.3 Å². The van der Waals surface area contributed by atoms with E-state index in [-0.39, 0.29) is 5.63 Å². The van der Waals surface area contributed by atoms with Crippen LogP contribution in [0.5, 0.6) is 11.5 Å². The molecule has 0 spiro atoms. The Morgan fingerprint density at radius 1 is 1.11 bits per heavy atom. The molecule has 1 aromatic heterocycles. The summed E-state index contributed by atoms with van der Waals surface area (Å²) in [7, 11) is 1.67. The van der Waals surface area contributed by atoms with Crippen LogP contribution < -0.4 is 15.1 Å². The zero-order chi connectivity index (χ0) is 18.4. The molecule has 2 aliphatic rings. The highest BCUT2D eigenvalue weighted by molar-refractivity contribution is 5.86. The molecule has 5 heteroatoms. The van der Waals surface area contributed by atoms with Crippen molar-refractivity contribution in [2.24, 2.45) is 0 Å². The topological polar surface area (TPSA) is 51.9 Å². The first kappa shape index (κ1) is 16.4. The summed E-state index contributed by atoms with van der Waals surface area (Å²) in [5.41, 5.74) is 4.64. The third-order valence-electron chi connectivity index (χ3n) is 5.53. The van der Waals surface area contributed by atoms with Gasteiger partial charge in [0.1, 0.15) is 23.8 Å². The van der Waals surface area contributed by atoms with E-state index in [0.717, 1.165) is 64.9 Å². The number of benzene rings is 2. The van der Waals surface area contributed by atoms with Crippen molar-refractivity contribution in [3.63, 3.8) is 0 Å². The summed E-state index contributed by atoms with van der Waals surface area (Å²) in [5, 5.41) is 1.06. The van der Waals surface area contributed by atoms with Crippen molar-refractivity contribution in [3.05, 3.63) is 69.1 Å². The molecule has 0 bridgehead atoms. The maximum Gasteiger partial charge on any atom is 0.339 e. The molecule has 5 nitrogen and oxygen atoms in total. The summed E-state index contributed by atoms with van der Waals surface area (Å²) in [5.74, 6) is 1.66. The Hall–Kier alpha value is -2.79. The summed E-state index contributed by atoms with van der Waals surface area (Å²) >= 11 is 0. The normalized spacial score (nSPS) is 16.0. The van der Waals surface area contributed by atoms with Crippen LogP contribution in [0.2, 0.25) is 0 Å². The van der Waals surface area contributed by atoms with E-state index < -0.39 is 0 Å². The lowest BCUT2D eigenvalue weighted by atomic mass is 10.0. The highest BCUT2D eigenvalue weighted by Crippen LogP contribution is 2.36. The molecule has 3 aromatic rings. The van der Waals surface area contributed by atoms with Gasteiger partial charge in [0.15, 0.2) is 0 Å². The second-order valence-electron chi connectivity index (χ2n) is 7.23. The quantitative estimate of drug-likeness (QED) is 0.665. The van der Waals surface area contributed by atoms with Crippen molar-refractivity contribution in [1.82, 2.24) is 4.90 Å². The van der Waals surface area contributed by atoms with Crippen LogP contribution in [0.1, 0.15) is 28.7 Å². The van der Waals surface area contributed by atoms with E-state index in [9.17, 15) is 4.79 Å². The van der Waals surface area contributed by atoms with Gasteiger partial charge in [-0.1, -0.05) is 12.1 Å². The van der Waals surface area contributed by atoms with Gasteiger partial charge in [-0.25, -0.2) is 4.79 Å². The van der Waals surface area contributed by atoms with Crippen LogP contribution in [0.3, 0.4) is 0 Å². The van der Waals surface area contributed by atoms with Crippen molar-refractivity contribution in [2.45, 2.75) is 32.4 Å². The molecule has 0 fully saturated rings. The van der Waals surface area contributed by atoms with Gasteiger partial charge in [-0.15, -0.1) is 0 Å². The fraction of sp³-hybridized carbons (Fsp3) is 0.318. The standard InChI is InChI=1S/C22H21NO4/c1-25-15-5-2-4-14(10-15)11-23-12-19-20(26-13-23)9-8-17-16-6-3-7-18(16)22(24)27-21(17)19/h2,4-5,8-10H,3,6-7,11-13H2,1H3. The predicted molar refractivity (Wildman–Crippen MR) is 102 cm³/mol. The van der Waals surface area contributed by atoms with E-state index >= 15 is 0 Å². The number of methoxy groups -OCH3 is 1. The lowest BCUT2D eigenvalue weighted by Crippen LogP contribution is -2.31. The molecule has 1 aliphatic heterocycles. The number of rotatable bonds is 3. The Morgan fingerprint density at radius 3 is 2.89 bits per heavy atom. The van der Waals surface area contributed by atoms with Crippen molar-refractivity contribution in [3.8, 4) is 11.5 Å². The third-order valence-corrected chi connectivity index (χ3v) is 5.53. The Kier molecular flexibility index (Phi) is 3.90. The Bertz CT molecular complexity index is 1090. The molecule has 0 atom stereocenters. The van der Waals surface area contributed by atoms with E-state index in [1.54, 1.807) is 7.11 Å². The smallest absolute Gasteiger partial charge is 0.339 e. The molecule has 5 rings (SSSR count). The predicted octanol–water partition coefficient (Wildman–Crippen LogP) is 3.64. The summed E-state index contributed by atoms with van der Waals surface area (Å²) < 4.78 is 17.0. The maximum absolute atomic E-state index is 12.4. The lowest BCUT2D eigenvalue weighted by Gasteiger charge is -2.29. The summed E-state index contributed by atoms with van der Waals surface area (Å²) in [6, 6.07) is 12.1. The Morgan fingerprint density at radius 2 is 2.00 bits per heavy atom. The minimum absolute atomic E-state index is 0.187. The molecular weight excluding hydrogens is 342 g/mol. The van der Waals surface area contributed by atoms with Crippen LogP contribution in [0.4, 0.5) is 0 Å². The number of hydrogen-bond donors (Lipinski definition) is 0. The van der Waals surface area contributed by atoms with E-state index in [0.29, 0.717) is 18.9 Å². The molecule has 0 saturated carbocycles. The zero-order valence-corrected chi connectivity index (χ0v) is 15.3. The molecule has 1 aliphatic carbocycles. The average Bonchev–Trinajstić information content (AvgIpc) is 3.19. The second-order valence-corrected chi connectivity index (χ2v) is 7.23. The number of aryl methyl sites for hydroxylation is 1. The van der Waals surface area contributed by atoms with Gasteiger partial charge < -0.3 is 13.9 Å².